The molecule has 2 aromatic rings. The zero-order chi connectivity index (χ0) is 20.3. The first-order valence-electron chi connectivity index (χ1n) is 7.66. The van der Waals surface area contributed by atoms with Gasteiger partial charge in [-0.3, -0.25) is 29.5 Å². The molecule has 3 rings (SSSR count). The SMILES string of the molecule is CC(=O)N[C@H]1C(O)O[C@H](CO)[C@@H](O)[C@@H]1O.O=c1[nH]c(=O)c2[nH]c(=O)[nH]c2[nH]1. The highest BCUT2D eigenvalue weighted by atomic mass is 16.6. The van der Waals surface area contributed by atoms with Crippen molar-refractivity contribution in [2.45, 2.75) is 37.6 Å². The number of H-pyrrole nitrogens is 4. The van der Waals surface area contributed by atoms with Crippen molar-refractivity contribution in [3.8, 4) is 0 Å². The van der Waals surface area contributed by atoms with Gasteiger partial charge < -0.3 is 30.5 Å². The normalized spacial score (nSPS) is 27.7. The van der Waals surface area contributed by atoms with Crippen LogP contribution in [-0.2, 0) is 9.53 Å². The number of nitrogens with one attached hydrogen (secondary N) is 5. The maximum atomic E-state index is 10.9. The quantitative estimate of drug-likeness (QED) is 0.239. The highest BCUT2D eigenvalue weighted by molar-refractivity contribution is 5.73. The van der Waals surface area contributed by atoms with Crippen molar-refractivity contribution >= 4 is 17.1 Å². The third-order valence-corrected chi connectivity index (χ3v) is 3.69. The van der Waals surface area contributed by atoms with E-state index in [2.05, 4.69) is 20.3 Å². The molecule has 9 N–H and O–H groups in total. The minimum Gasteiger partial charge on any atom is -0.394 e. The van der Waals surface area contributed by atoms with E-state index in [1.807, 2.05) is 4.98 Å². The summed E-state index contributed by atoms with van der Waals surface area (Å²) in [6.07, 6.45) is -5.24. The van der Waals surface area contributed by atoms with Crippen molar-refractivity contribution in [1.29, 1.82) is 0 Å². The number of aromatic amines is 4. The molecule has 3 heterocycles. The van der Waals surface area contributed by atoms with Crippen molar-refractivity contribution in [3.63, 3.8) is 0 Å². The van der Waals surface area contributed by atoms with Crippen LogP contribution in [0.1, 0.15) is 6.92 Å². The summed E-state index contributed by atoms with van der Waals surface area (Å²) in [4.78, 5) is 51.7. The lowest BCUT2D eigenvalue weighted by atomic mass is 9.97. The standard InChI is InChI=1S/C8H15NO6.C5H4N4O3/c1-3(11)9-5-7(13)6(12)4(2-10)15-8(5)14;10-3-1-2(7-4(11)6-1)8-5(12)9-3/h4-8,10,12-14H,2H2,1H3,(H,9,11);(H4,6,7,8,9,10,11,12)/t4-,5-,6-,7-,8?;/m1./s1. The molecule has 0 saturated carbocycles. The Hall–Kier alpha value is -2.78. The molecule has 0 radical (unpaired) electrons. The fraction of sp³-hybridized carbons (Fsp3) is 0.538. The smallest absolute Gasteiger partial charge is 0.327 e. The van der Waals surface area contributed by atoms with E-state index in [1.165, 1.54) is 6.92 Å². The molecule has 1 amide bonds. The summed E-state index contributed by atoms with van der Waals surface area (Å²) in [6.45, 7) is 0.687. The number of carbonyl (C=O) groups excluding carboxylic acids is 1. The maximum Gasteiger partial charge on any atom is 0.327 e. The fourth-order valence-electron chi connectivity index (χ4n) is 2.45. The van der Waals surface area contributed by atoms with E-state index in [-0.39, 0.29) is 11.2 Å². The maximum absolute atomic E-state index is 10.9. The summed E-state index contributed by atoms with van der Waals surface area (Å²) in [5, 5.41) is 39.4. The molecule has 14 heteroatoms. The zero-order valence-electron chi connectivity index (χ0n) is 13.9. The van der Waals surface area contributed by atoms with Crippen LogP contribution < -0.4 is 22.3 Å². The van der Waals surface area contributed by atoms with E-state index in [9.17, 15) is 34.5 Å². The fourth-order valence-corrected chi connectivity index (χ4v) is 2.45. The van der Waals surface area contributed by atoms with Gasteiger partial charge in [-0.15, -0.1) is 0 Å². The second-order valence-corrected chi connectivity index (χ2v) is 5.69. The van der Waals surface area contributed by atoms with Gasteiger partial charge in [0, 0.05) is 6.92 Å². The van der Waals surface area contributed by atoms with Crippen LogP contribution in [0.5, 0.6) is 0 Å². The van der Waals surface area contributed by atoms with E-state index in [0.29, 0.717) is 0 Å². The van der Waals surface area contributed by atoms with Crippen LogP contribution in [0.15, 0.2) is 14.4 Å². The van der Waals surface area contributed by atoms with E-state index in [0.717, 1.165) is 0 Å². The van der Waals surface area contributed by atoms with Gasteiger partial charge in [0.15, 0.2) is 6.29 Å². The van der Waals surface area contributed by atoms with Crippen LogP contribution in [0.3, 0.4) is 0 Å². The van der Waals surface area contributed by atoms with Crippen molar-refractivity contribution in [3.05, 3.63) is 31.3 Å². The van der Waals surface area contributed by atoms with E-state index < -0.39 is 60.1 Å². The van der Waals surface area contributed by atoms with Gasteiger partial charge in [-0.1, -0.05) is 0 Å². The molecule has 150 valence electrons. The molecule has 0 aromatic carbocycles. The second kappa shape index (κ2) is 8.28. The zero-order valence-corrected chi connectivity index (χ0v) is 13.9. The molecule has 0 spiro atoms. The van der Waals surface area contributed by atoms with Gasteiger partial charge in [0.1, 0.15) is 35.5 Å². The van der Waals surface area contributed by atoms with Gasteiger partial charge >= 0.3 is 11.4 Å². The Morgan fingerprint density at radius 1 is 1.04 bits per heavy atom. The molecule has 1 unspecified atom stereocenters. The number of ether oxygens (including phenoxy) is 1. The second-order valence-electron chi connectivity index (χ2n) is 5.69. The molecule has 0 bridgehead atoms. The Kier molecular flexibility index (Phi) is 6.29. The number of imidazole rings is 1. The molecule has 0 aliphatic carbocycles. The lowest BCUT2D eigenvalue weighted by Crippen LogP contribution is -2.63. The van der Waals surface area contributed by atoms with Gasteiger partial charge in [-0.05, 0) is 0 Å². The monoisotopic (exact) mass is 389 g/mol. The molecular weight excluding hydrogens is 370 g/mol. The van der Waals surface area contributed by atoms with Gasteiger partial charge in [0.2, 0.25) is 5.91 Å². The Morgan fingerprint density at radius 2 is 1.63 bits per heavy atom. The summed E-state index contributed by atoms with van der Waals surface area (Å²) < 4.78 is 4.81. The number of amides is 1. The van der Waals surface area contributed by atoms with Crippen molar-refractivity contribution in [2.75, 3.05) is 6.61 Å². The summed E-state index contributed by atoms with van der Waals surface area (Å²) in [6, 6.07) is -1.10. The Balaban J connectivity index is 0.000000198. The summed E-state index contributed by atoms with van der Waals surface area (Å²) >= 11 is 0. The number of rotatable bonds is 2. The highest BCUT2D eigenvalue weighted by Gasteiger charge is 2.43. The van der Waals surface area contributed by atoms with E-state index >= 15 is 0 Å². The number of carbonyl (C=O) groups is 1. The molecule has 5 atom stereocenters. The van der Waals surface area contributed by atoms with Crippen molar-refractivity contribution in [1.82, 2.24) is 25.3 Å². The molecule has 1 fully saturated rings. The number of aliphatic hydroxyl groups excluding tert-OH is 4. The van der Waals surface area contributed by atoms with Gasteiger partial charge in [0.05, 0.1) is 6.61 Å². The predicted octanol–water partition coefficient (Wildman–Crippen LogP) is -4.84. The van der Waals surface area contributed by atoms with Crippen LogP contribution >= 0.6 is 0 Å². The molecule has 1 saturated heterocycles. The van der Waals surface area contributed by atoms with Crippen molar-refractivity contribution in [2.24, 2.45) is 0 Å². The largest absolute Gasteiger partial charge is 0.394 e. The number of aliphatic hydroxyl groups is 4. The van der Waals surface area contributed by atoms with Gasteiger partial charge in [-0.25, -0.2) is 9.59 Å². The summed E-state index contributed by atoms with van der Waals surface area (Å²) in [7, 11) is 0. The first-order valence-corrected chi connectivity index (χ1v) is 7.66. The Labute approximate surface area is 148 Å². The lowest BCUT2D eigenvalue weighted by Gasteiger charge is -2.40. The van der Waals surface area contributed by atoms with Crippen LogP contribution in [0, 0.1) is 0 Å². The molecule has 14 nitrogen and oxygen atoms in total. The lowest BCUT2D eigenvalue weighted by molar-refractivity contribution is -0.253. The summed E-state index contributed by atoms with van der Waals surface area (Å²) in [5.41, 5.74) is -1.65. The highest BCUT2D eigenvalue weighted by Crippen LogP contribution is 2.19. The molecule has 2 aromatic heterocycles. The molecule has 1 aliphatic rings. The number of hydrogen-bond donors (Lipinski definition) is 9. The van der Waals surface area contributed by atoms with Crippen molar-refractivity contribution < 1.29 is 30.0 Å². The molecule has 27 heavy (non-hydrogen) atoms. The van der Waals surface area contributed by atoms with Crippen LogP contribution in [-0.4, -0.2) is 83.5 Å². The first-order chi connectivity index (χ1) is 12.6. The number of fused-ring (bicyclic) bond motifs is 1. The van der Waals surface area contributed by atoms with Gasteiger partial charge in [0.25, 0.3) is 5.56 Å². The molecule has 1 aliphatic heterocycles. The van der Waals surface area contributed by atoms with Crippen LogP contribution in [0.2, 0.25) is 0 Å². The van der Waals surface area contributed by atoms with Crippen LogP contribution in [0.4, 0.5) is 0 Å². The third kappa shape index (κ3) is 4.69. The van der Waals surface area contributed by atoms with Crippen LogP contribution in [0.25, 0.3) is 11.2 Å². The van der Waals surface area contributed by atoms with Gasteiger partial charge in [-0.2, -0.15) is 0 Å². The molecular formula is C13H19N5O9. The third-order valence-electron chi connectivity index (χ3n) is 3.69. The Bertz CT molecular complexity index is 959. The average molecular weight is 389 g/mol. The predicted molar refractivity (Wildman–Crippen MR) is 87.7 cm³/mol. The number of hydrogen-bond acceptors (Lipinski definition) is 9. The van der Waals surface area contributed by atoms with E-state index in [1.54, 1.807) is 0 Å². The minimum atomic E-state index is -1.45. The van der Waals surface area contributed by atoms with E-state index in [4.69, 9.17) is 9.84 Å². The summed E-state index contributed by atoms with van der Waals surface area (Å²) in [5.74, 6) is -0.462. The Morgan fingerprint density at radius 3 is 2.19 bits per heavy atom. The average Bonchev–Trinajstić information content (AvgIpc) is 2.96. The minimum absolute atomic E-state index is 0.0413. The topological polar surface area (TPSA) is 234 Å². The number of aromatic nitrogens is 4. The first kappa shape index (κ1) is 20.5.